The third kappa shape index (κ3) is 4.96. The standard InChI is InChI=1S/C20H37N3O2/c1-6-7-8-20(25)23-16-10-11-17(23)14-18(13-16)22(5)19(24)12-9-15(2)21(3)4/h15-18H,6-14H2,1-5H3. The van der Waals surface area contributed by atoms with Crippen molar-refractivity contribution in [1.82, 2.24) is 14.7 Å². The molecule has 0 radical (unpaired) electrons. The van der Waals surface area contributed by atoms with Crippen LogP contribution >= 0.6 is 0 Å². The molecule has 0 spiro atoms. The second-order valence-electron chi connectivity index (χ2n) is 8.27. The molecule has 2 amide bonds. The van der Waals surface area contributed by atoms with Crippen LogP contribution in [0.1, 0.15) is 71.6 Å². The monoisotopic (exact) mass is 351 g/mol. The number of amides is 2. The zero-order valence-electron chi connectivity index (χ0n) is 16.8. The molecule has 0 aromatic heterocycles. The molecular weight excluding hydrogens is 314 g/mol. The van der Waals surface area contributed by atoms with Gasteiger partial charge in [0.05, 0.1) is 0 Å². The smallest absolute Gasteiger partial charge is 0.223 e. The van der Waals surface area contributed by atoms with E-state index in [-0.39, 0.29) is 5.91 Å². The van der Waals surface area contributed by atoms with Crippen LogP contribution in [0.15, 0.2) is 0 Å². The Balaban J connectivity index is 1.87. The Morgan fingerprint density at radius 1 is 1.08 bits per heavy atom. The van der Waals surface area contributed by atoms with Gasteiger partial charge in [-0.3, -0.25) is 9.59 Å². The Bertz CT molecular complexity index is 452. The summed E-state index contributed by atoms with van der Waals surface area (Å²) in [5.74, 6) is 0.588. The van der Waals surface area contributed by atoms with Crippen molar-refractivity contribution in [1.29, 1.82) is 0 Å². The molecule has 0 N–H and O–H groups in total. The lowest BCUT2D eigenvalue weighted by Gasteiger charge is -2.42. The van der Waals surface area contributed by atoms with Gasteiger partial charge in [0.25, 0.3) is 0 Å². The molecule has 25 heavy (non-hydrogen) atoms. The summed E-state index contributed by atoms with van der Waals surface area (Å²) < 4.78 is 0. The Morgan fingerprint density at radius 3 is 2.20 bits per heavy atom. The van der Waals surface area contributed by atoms with Crippen molar-refractivity contribution >= 4 is 11.8 Å². The van der Waals surface area contributed by atoms with Gasteiger partial charge >= 0.3 is 0 Å². The van der Waals surface area contributed by atoms with Crippen molar-refractivity contribution in [3.63, 3.8) is 0 Å². The van der Waals surface area contributed by atoms with Crippen molar-refractivity contribution in [3.05, 3.63) is 0 Å². The van der Waals surface area contributed by atoms with Crippen molar-refractivity contribution < 1.29 is 9.59 Å². The second-order valence-corrected chi connectivity index (χ2v) is 8.27. The Morgan fingerprint density at radius 2 is 1.68 bits per heavy atom. The third-order valence-electron chi connectivity index (χ3n) is 6.34. The van der Waals surface area contributed by atoms with Crippen LogP contribution in [0.5, 0.6) is 0 Å². The first-order valence-corrected chi connectivity index (χ1v) is 10.1. The van der Waals surface area contributed by atoms with Crippen LogP contribution in [0.3, 0.4) is 0 Å². The molecule has 0 aliphatic carbocycles. The van der Waals surface area contributed by atoms with E-state index < -0.39 is 0 Å². The first-order chi connectivity index (χ1) is 11.8. The molecule has 5 heteroatoms. The van der Waals surface area contributed by atoms with Crippen LogP contribution in [0.2, 0.25) is 0 Å². The minimum atomic E-state index is 0.254. The lowest BCUT2D eigenvalue weighted by molar-refractivity contribution is -0.139. The molecule has 144 valence electrons. The average molecular weight is 352 g/mol. The van der Waals surface area contributed by atoms with Gasteiger partial charge in [0.15, 0.2) is 0 Å². The first kappa shape index (κ1) is 20.2. The molecule has 2 fully saturated rings. The van der Waals surface area contributed by atoms with Crippen LogP contribution in [-0.2, 0) is 9.59 Å². The summed E-state index contributed by atoms with van der Waals surface area (Å²) in [6, 6.07) is 1.43. The molecular formula is C20H37N3O2. The highest BCUT2D eigenvalue weighted by Crippen LogP contribution is 2.38. The van der Waals surface area contributed by atoms with Crippen molar-refractivity contribution in [2.45, 2.75) is 95.8 Å². The van der Waals surface area contributed by atoms with Crippen molar-refractivity contribution in [2.24, 2.45) is 0 Å². The van der Waals surface area contributed by atoms with Crippen molar-refractivity contribution in [2.75, 3.05) is 21.1 Å². The average Bonchev–Trinajstić information content (AvgIpc) is 2.86. The fourth-order valence-corrected chi connectivity index (χ4v) is 4.30. The number of rotatable bonds is 8. The molecule has 2 aliphatic heterocycles. The van der Waals surface area contributed by atoms with E-state index in [1.807, 2.05) is 11.9 Å². The van der Waals surface area contributed by atoms with E-state index in [4.69, 9.17) is 0 Å². The maximum atomic E-state index is 12.6. The molecule has 2 saturated heterocycles. The van der Waals surface area contributed by atoms with E-state index in [9.17, 15) is 9.59 Å². The number of piperidine rings is 1. The van der Waals surface area contributed by atoms with Crippen LogP contribution in [0.4, 0.5) is 0 Å². The van der Waals surface area contributed by atoms with Gasteiger partial charge in [-0.05, 0) is 59.5 Å². The van der Waals surface area contributed by atoms with E-state index in [0.717, 1.165) is 44.9 Å². The summed E-state index contributed by atoms with van der Waals surface area (Å²) in [6.45, 7) is 4.29. The van der Waals surface area contributed by atoms with Crippen LogP contribution in [-0.4, -0.2) is 71.8 Å². The molecule has 3 atom stereocenters. The van der Waals surface area contributed by atoms with Crippen LogP contribution in [0.25, 0.3) is 0 Å². The minimum Gasteiger partial charge on any atom is -0.343 e. The Labute approximate surface area is 153 Å². The van der Waals surface area contributed by atoms with Gasteiger partial charge in [-0.1, -0.05) is 13.3 Å². The highest BCUT2D eigenvalue weighted by atomic mass is 16.2. The molecule has 2 rings (SSSR count). The van der Waals surface area contributed by atoms with Gasteiger partial charge in [-0.15, -0.1) is 0 Å². The zero-order chi connectivity index (χ0) is 18.6. The maximum absolute atomic E-state index is 12.6. The van der Waals surface area contributed by atoms with E-state index in [1.165, 1.54) is 0 Å². The highest BCUT2D eigenvalue weighted by molar-refractivity contribution is 5.78. The van der Waals surface area contributed by atoms with Gasteiger partial charge in [-0.2, -0.15) is 0 Å². The third-order valence-corrected chi connectivity index (χ3v) is 6.34. The molecule has 0 aromatic rings. The first-order valence-electron chi connectivity index (χ1n) is 10.1. The van der Waals surface area contributed by atoms with Gasteiger partial charge in [-0.25, -0.2) is 0 Å². The highest BCUT2D eigenvalue weighted by Gasteiger charge is 2.44. The quantitative estimate of drug-likeness (QED) is 0.675. The number of fused-ring (bicyclic) bond motifs is 2. The normalized spacial score (nSPS) is 26.8. The number of nitrogens with zero attached hydrogens (tertiary/aromatic N) is 3. The SMILES string of the molecule is CCCCC(=O)N1C2CCC1CC(N(C)C(=O)CCC(C)N(C)C)C2. The summed E-state index contributed by atoms with van der Waals surface area (Å²) >= 11 is 0. The van der Waals surface area contributed by atoms with E-state index >= 15 is 0 Å². The lowest BCUT2D eigenvalue weighted by atomic mass is 9.95. The number of hydrogen-bond acceptors (Lipinski definition) is 3. The molecule has 5 nitrogen and oxygen atoms in total. The number of carbonyl (C=O) groups is 2. The molecule has 2 aliphatic rings. The summed E-state index contributed by atoms with van der Waals surface area (Å²) in [4.78, 5) is 31.4. The fraction of sp³-hybridized carbons (Fsp3) is 0.900. The molecule has 2 heterocycles. The molecule has 0 aromatic carbocycles. The molecule has 3 unspecified atom stereocenters. The number of carbonyl (C=O) groups excluding carboxylic acids is 2. The van der Waals surface area contributed by atoms with Crippen LogP contribution in [0, 0.1) is 0 Å². The minimum absolute atomic E-state index is 0.254. The molecule has 0 saturated carbocycles. The van der Waals surface area contributed by atoms with Crippen LogP contribution < -0.4 is 0 Å². The predicted molar refractivity (Wildman–Crippen MR) is 101 cm³/mol. The summed E-state index contributed by atoms with van der Waals surface area (Å²) in [6.07, 6.45) is 8.39. The van der Waals surface area contributed by atoms with Crippen molar-refractivity contribution in [3.8, 4) is 0 Å². The fourth-order valence-electron chi connectivity index (χ4n) is 4.30. The predicted octanol–water partition coefficient (Wildman–Crippen LogP) is 2.89. The second kappa shape index (κ2) is 9.02. The maximum Gasteiger partial charge on any atom is 0.223 e. The van der Waals surface area contributed by atoms with Gasteiger partial charge in [0.2, 0.25) is 11.8 Å². The van der Waals surface area contributed by atoms with E-state index in [2.05, 4.69) is 37.7 Å². The summed E-state index contributed by atoms with van der Waals surface area (Å²) in [7, 11) is 6.07. The Kier molecular flexibility index (Phi) is 7.29. The number of hydrogen-bond donors (Lipinski definition) is 0. The zero-order valence-corrected chi connectivity index (χ0v) is 16.8. The summed E-state index contributed by atoms with van der Waals surface area (Å²) in [5, 5.41) is 0. The van der Waals surface area contributed by atoms with Gasteiger partial charge < -0.3 is 14.7 Å². The number of unbranched alkanes of at least 4 members (excludes halogenated alkanes) is 1. The largest absolute Gasteiger partial charge is 0.343 e. The van der Waals surface area contributed by atoms with E-state index in [1.54, 1.807) is 0 Å². The Hall–Kier alpha value is -1.10. The van der Waals surface area contributed by atoms with E-state index in [0.29, 0.717) is 42.9 Å². The lowest BCUT2D eigenvalue weighted by Crippen LogP contribution is -2.52. The summed E-state index contributed by atoms with van der Waals surface area (Å²) in [5.41, 5.74) is 0. The van der Waals surface area contributed by atoms with Gasteiger partial charge in [0.1, 0.15) is 0 Å². The molecule has 2 bridgehead atoms. The van der Waals surface area contributed by atoms with Gasteiger partial charge in [0, 0.05) is 44.1 Å². The topological polar surface area (TPSA) is 43.9 Å².